The van der Waals surface area contributed by atoms with Crippen molar-refractivity contribution in [3.05, 3.63) is 17.7 Å². The fraction of sp³-hybridized carbons (Fsp3) is 0.692. The van der Waals surface area contributed by atoms with E-state index in [1.807, 2.05) is 10.8 Å². The fourth-order valence-corrected chi connectivity index (χ4v) is 2.60. The van der Waals surface area contributed by atoms with Gasteiger partial charge in [-0.3, -0.25) is 0 Å². The summed E-state index contributed by atoms with van der Waals surface area (Å²) in [5.41, 5.74) is 1.03. The molecule has 19 heavy (non-hydrogen) atoms. The van der Waals surface area contributed by atoms with Gasteiger partial charge in [-0.15, -0.1) is 0 Å². The van der Waals surface area contributed by atoms with E-state index in [4.69, 9.17) is 10.2 Å². The van der Waals surface area contributed by atoms with Crippen molar-refractivity contribution in [1.29, 1.82) is 0 Å². The maximum Gasteiger partial charge on any atom is 0.407 e. The molecule has 1 fully saturated rings. The number of likely N-dealkylation sites (tertiary alicyclic amines) is 1. The van der Waals surface area contributed by atoms with Crippen LogP contribution in [0, 0.1) is 0 Å². The monoisotopic (exact) mass is 267 g/mol. The molecule has 0 spiro atoms. The predicted molar refractivity (Wildman–Crippen MR) is 70.3 cm³/mol. The van der Waals surface area contributed by atoms with Crippen LogP contribution in [0.25, 0.3) is 0 Å². The van der Waals surface area contributed by atoms with E-state index in [0.717, 1.165) is 30.8 Å². The molecule has 2 heterocycles. The van der Waals surface area contributed by atoms with Crippen LogP contribution in [0.4, 0.5) is 4.79 Å². The topological polar surface area (TPSA) is 78.6 Å². The second-order valence-electron chi connectivity index (χ2n) is 4.90. The van der Waals surface area contributed by atoms with Crippen LogP contribution in [0.1, 0.15) is 37.2 Å². The molecule has 0 radical (unpaired) electrons. The molecule has 6 heteroatoms. The summed E-state index contributed by atoms with van der Waals surface area (Å²) in [6.45, 7) is 3.84. The van der Waals surface area contributed by atoms with Crippen molar-refractivity contribution in [3.63, 3.8) is 0 Å². The SMILES string of the molecule is CCc1cn(CCO)c(C2CCN(C(=O)O)CC2)n1. The molecule has 0 saturated carbocycles. The first-order chi connectivity index (χ1) is 9.15. The molecule has 0 aromatic carbocycles. The summed E-state index contributed by atoms with van der Waals surface area (Å²) in [5.74, 6) is 1.29. The number of hydrogen-bond acceptors (Lipinski definition) is 3. The van der Waals surface area contributed by atoms with Crippen molar-refractivity contribution in [2.24, 2.45) is 0 Å². The largest absolute Gasteiger partial charge is 0.465 e. The Hall–Kier alpha value is -1.56. The zero-order chi connectivity index (χ0) is 13.8. The van der Waals surface area contributed by atoms with Crippen molar-refractivity contribution in [3.8, 4) is 0 Å². The Morgan fingerprint density at radius 2 is 2.16 bits per heavy atom. The van der Waals surface area contributed by atoms with Gasteiger partial charge in [0.2, 0.25) is 0 Å². The van der Waals surface area contributed by atoms with Gasteiger partial charge in [-0.05, 0) is 19.3 Å². The number of aryl methyl sites for hydroxylation is 1. The van der Waals surface area contributed by atoms with Crippen molar-refractivity contribution >= 4 is 6.09 Å². The van der Waals surface area contributed by atoms with Gasteiger partial charge in [0.1, 0.15) is 5.82 Å². The molecule has 0 atom stereocenters. The van der Waals surface area contributed by atoms with Gasteiger partial charge in [-0.2, -0.15) is 0 Å². The molecule has 1 aliphatic heterocycles. The standard InChI is InChI=1S/C13H21N3O3/c1-2-11-9-16(7-8-17)12(14-11)10-3-5-15(6-4-10)13(18)19/h9-10,17H,2-8H2,1H3,(H,18,19). The van der Waals surface area contributed by atoms with E-state index in [9.17, 15) is 4.79 Å². The average molecular weight is 267 g/mol. The second-order valence-corrected chi connectivity index (χ2v) is 4.90. The number of aromatic nitrogens is 2. The van der Waals surface area contributed by atoms with E-state index in [2.05, 4.69) is 11.9 Å². The third-order valence-electron chi connectivity index (χ3n) is 3.69. The molecule has 0 bridgehead atoms. The number of carbonyl (C=O) groups is 1. The number of rotatable bonds is 4. The van der Waals surface area contributed by atoms with Crippen LogP contribution in [0.15, 0.2) is 6.20 Å². The summed E-state index contributed by atoms with van der Waals surface area (Å²) < 4.78 is 2.01. The molecular formula is C13H21N3O3. The molecule has 0 unspecified atom stereocenters. The minimum absolute atomic E-state index is 0.0977. The third-order valence-corrected chi connectivity index (χ3v) is 3.69. The Bertz CT molecular complexity index is 436. The zero-order valence-electron chi connectivity index (χ0n) is 11.2. The molecule has 2 N–H and O–H groups in total. The Morgan fingerprint density at radius 3 is 2.68 bits per heavy atom. The Kier molecular flexibility index (Phi) is 4.42. The van der Waals surface area contributed by atoms with Crippen molar-refractivity contribution in [2.75, 3.05) is 19.7 Å². The number of carboxylic acid groups (broad SMARTS) is 1. The number of imidazole rings is 1. The van der Waals surface area contributed by atoms with E-state index in [1.165, 1.54) is 4.90 Å². The number of piperidine rings is 1. The van der Waals surface area contributed by atoms with Gasteiger partial charge in [0.05, 0.1) is 12.3 Å². The highest BCUT2D eigenvalue weighted by atomic mass is 16.4. The maximum absolute atomic E-state index is 10.9. The summed E-state index contributed by atoms with van der Waals surface area (Å²) >= 11 is 0. The highest BCUT2D eigenvalue weighted by Gasteiger charge is 2.26. The molecule has 1 aromatic rings. The number of nitrogens with zero attached hydrogens (tertiary/aromatic N) is 3. The lowest BCUT2D eigenvalue weighted by Crippen LogP contribution is -2.37. The summed E-state index contributed by atoms with van der Waals surface area (Å²) in [6, 6.07) is 0. The first kappa shape index (κ1) is 13.9. The van der Waals surface area contributed by atoms with Crippen molar-refractivity contribution in [1.82, 2.24) is 14.5 Å². The molecule has 1 amide bonds. The Labute approximate surface area is 112 Å². The molecule has 106 valence electrons. The summed E-state index contributed by atoms with van der Waals surface area (Å²) in [7, 11) is 0. The van der Waals surface area contributed by atoms with Crippen LogP contribution in [0.3, 0.4) is 0 Å². The molecular weight excluding hydrogens is 246 g/mol. The van der Waals surface area contributed by atoms with Crippen LogP contribution in [-0.2, 0) is 13.0 Å². The number of aliphatic hydroxyl groups is 1. The van der Waals surface area contributed by atoms with Gasteiger partial charge >= 0.3 is 6.09 Å². The van der Waals surface area contributed by atoms with Crippen LogP contribution in [0.2, 0.25) is 0 Å². The van der Waals surface area contributed by atoms with Crippen molar-refractivity contribution < 1.29 is 15.0 Å². The molecule has 1 saturated heterocycles. The molecule has 1 aliphatic rings. The highest BCUT2D eigenvalue weighted by molar-refractivity contribution is 5.65. The van der Waals surface area contributed by atoms with E-state index in [0.29, 0.717) is 25.6 Å². The third kappa shape index (κ3) is 3.07. The Morgan fingerprint density at radius 1 is 1.47 bits per heavy atom. The summed E-state index contributed by atoms with van der Waals surface area (Å²) in [4.78, 5) is 17.0. The minimum Gasteiger partial charge on any atom is -0.465 e. The smallest absolute Gasteiger partial charge is 0.407 e. The van der Waals surface area contributed by atoms with E-state index in [-0.39, 0.29) is 6.61 Å². The summed E-state index contributed by atoms with van der Waals surface area (Å²) in [5, 5.41) is 18.1. The first-order valence-electron chi connectivity index (χ1n) is 6.80. The lowest BCUT2D eigenvalue weighted by atomic mass is 9.96. The Balaban J connectivity index is 2.09. The number of hydrogen-bond donors (Lipinski definition) is 2. The maximum atomic E-state index is 10.9. The van der Waals surface area contributed by atoms with Gasteiger partial charge in [-0.1, -0.05) is 6.92 Å². The van der Waals surface area contributed by atoms with E-state index >= 15 is 0 Å². The normalized spacial score (nSPS) is 16.8. The van der Waals surface area contributed by atoms with Gasteiger partial charge in [0.25, 0.3) is 0 Å². The van der Waals surface area contributed by atoms with Crippen LogP contribution in [0.5, 0.6) is 0 Å². The molecule has 1 aromatic heterocycles. The zero-order valence-corrected chi connectivity index (χ0v) is 11.2. The highest BCUT2D eigenvalue weighted by Crippen LogP contribution is 2.27. The number of amides is 1. The lowest BCUT2D eigenvalue weighted by Gasteiger charge is -2.29. The van der Waals surface area contributed by atoms with Crippen LogP contribution >= 0.6 is 0 Å². The van der Waals surface area contributed by atoms with Crippen LogP contribution < -0.4 is 0 Å². The lowest BCUT2D eigenvalue weighted by molar-refractivity contribution is 0.131. The molecule has 6 nitrogen and oxygen atoms in total. The van der Waals surface area contributed by atoms with Gasteiger partial charge in [0.15, 0.2) is 0 Å². The fourth-order valence-electron chi connectivity index (χ4n) is 2.60. The number of aliphatic hydroxyl groups excluding tert-OH is 1. The quantitative estimate of drug-likeness (QED) is 0.861. The van der Waals surface area contributed by atoms with Crippen molar-refractivity contribution in [2.45, 2.75) is 38.6 Å². The average Bonchev–Trinajstić information content (AvgIpc) is 2.82. The van der Waals surface area contributed by atoms with E-state index in [1.54, 1.807) is 0 Å². The van der Waals surface area contributed by atoms with Gasteiger partial charge < -0.3 is 19.7 Å². The second kappa shape index (κ2) is 6.06. The van der Waals surface area contributed by atoms with Crippen LogP contribution in [-0.4, -0.2) is 50.5 Å². The minimum atomic E-state index is -0.841. The van der Waals surface area contributed by atoms with E-state index < -0.39 is 6.09 Å². The first-order valence-corrected chi connectivity index (χ1v) is 6.80. The van der Waals surface area contributed by atoms with Gasteiger partial charge in [-0.25, -0.2) is 9.78 Å². The molecule has 2 rings (SSSR count). The van der Waals surface area contributed by atoms with Gasteiger partial charge in [0, 0.05) is 31.7 Å². The molecule has 0 aliphatic carbocycles. The predicted octanol–water partition coefficient (Wildman–Crippen LogP) is 1.30. The summed E-state index contributed by atoms with van der Waals surface area (Å²) in [6.07, 6.45) is 3.64.